The summed E-state index contributed by atoms with van der Waals surface area (Å²) in [7, 11) is -3.23. The predicted octanol–water partition coefficient (Wildman–Crippen LogP) is 2.30. The molecule has 2 heterocycles. The average molecular weight is 289 g/mol. The van der Waals surface area contributed by atoms with Gasteiger partial charge in [-0.1, -0.05) is 24.6 Å². The summed E-state index contributed by atoms with van der Waals surface area (Å²) < 4.78 is 26.1. The second kappa shape index (κ2) is 5.55. The highest BCUT2D eigenvalue weighted by Crippen LogP contribution is 2.20. The Bertz CT molecular complexity index is 501. The first-order chi connectivity index (χ1) is 8.47. The lowest BCUT2D eigenvalue weighted by molar-refractivity contribution is 0.281. The monoisotopic (exact) mass is 288 g/mol. The minimum atomic E-state index is -3.23. The van der Waals surface area contributed by atoms with Crippen LogP contribution in [-0.2, 0) is 15.8 Å². The highest BCUT2D eigenvalue weighted by molar-refractivity contribution is 7.88. The van der Waals surface area contributed by atoms with Crippen molar-refractivity contribution in [3.63, 3.8) is 0 Å². The van der Waals surface area contributed by atoms with E-state index >= 15 is 0 Å². The van der Waals surface area contributed by atoms with Crippen LogP contribution in [0.1, 0.15) is 25.3 Å². The summed E-state index contributed by atoms with van der Waals surface area (Å²) in [6.07, 6.45) is 3.57. The molecule has 100 valence electrons. The van der Waals surface area contributed by atoms with Gasteiger partial charge in [-0.15, -0.1) is 0 Å². The van der Waals surface area contributed by atoms with E-state index in [9.17, 15) is 8.42 Å². The van der Waals surface area contributed by atoms with Crippen molar-refractivity contribution in [2.45, 2.75) is 25.5 Å². The van der Waals surface area contributed by atoms with E-state index in [0.29, 0.717) is 29.7 Å². The normalized spacial score (nSPS) is 22.0. The van der Waals surface area contributed by atoms with Crippen molar-refractivity contribution in [1.82, 2.24) is 9.29 Å². The standard InChI is InChI=1S/C12H17ClN2O2S/c1-10-3-2-6-15(8-10)18(16,17)9-11-4-5-12(13)14-7-11/h4-5,7,10H,2-3,6,8-9H2,1H3/t10-/m0/s1. The lowest BCUT2D eigenvalue weighted by atomic mass is 10.0. The number of aromatic nitrogens is 1. The molecule has 1 saturated heterocycles. The molecule has 0 bridgehead atoms. The molecular formula is C12H17ClN2O2S. The number of hydrogen-bond acceptors (Lipinski definition) is 3. The first kappa shape index (κ1) is 13.8. The van der Waals surface area contributed by atoms with Crippen molar-refractivity contribution in [2.24, 2.45) is 5.92 Å². The van der Waals surface area contributed by atoms with Gasteiger partial charge in [-0.05, 0) is 30.4 Å². The van der Waals surface area contributed by atoms with E-state index < -0.39 is 10.0 Å². The lowest BCUT2D eigenvalue weighted by Gasteiger charge is -2.30. The Morgan fingerprint density at radius 3 is 2.89 bits per heavy atom. The molecule has 1 atom stereocenters. The second-order valence-electron chi connectivity index (χ2n) is 4.85. The maximum Gasteiger partial charge on any atom is 0.218 e. The van der Waals surface area contributed by atoms with Gasteiger partial charge < -0.3 is 0 Å². The Kier molecular flexibility index (Phi) is 4.25. The van der Waals surface area contributed by atoms with E-state index in [4.69, 9.17) is 11.6 Å². The SMILES string of the molecule is C[C@H]1CCCN(S(=O)(=O)Cc2ccc(Cl)nc2)C1. The molecule has 0 amide bonds. The highest BCUT2D eigenvalue weighted by atomic mass is 35.5. The Morgan fingerprint density at radius 1 is 1.50 bits per heavy atom. The number of hydrogen-bond donors (Lipinski definition) is 0. The van der Waals surface area contributed by atoms with E-state index in [2.05, 4.69) is 11.9 Å². The molecule has 0 aromatic carbocycles. The zero-order valence-corrected chi connectivity index (χ0v) is 11.9. The van der Waals surface area contributed by atoms with Crippen molar-refractivity contribution in [3.8, 4) is 0 Å². The summed E-state index contributed by atoms with van der Waals surface area (Å²) in [5, 5.41) is 0.378. The highest BCUT2D eigenvalue weighted by Gasteiger charge is 2.27. The molecule has 18 heavy (non-hydrogen) atoms. The fourth-order valence-corrected chi connectivity index (χ4v) is 3.97. The Hall–Kier alpha value is -0.650. The van der Waals surface area contributed by atoms with Gasteiger partial charge >= 0.3 is 0 Å². The summed E-state index contributed by atoms with van der Waals surface area (Å²) >= 11 is 5.68. The number of halogens is 1. The van der Waals surface area contributed by atoms with Crippen molar-refractivity contribution < 1.29 is 8.42 Å². The summed E-state index contributed by atoms with van der Waals surface area (Å²) in [6.45, 7) is 3.35. The fraction of sp³-hybridized carbons (Fsp3) is 0.583. The summed E-state index contributed by atoms with van der Waals surface area (Å²) in [6, 6.07) is 3.32. The molecule has 0 unspecified atom stereocenters. The minimum Gasteiger partial charge on any atom is -0.244 e. The minimum absolute atomic E-state index is 0.00386. The van der Waals surface area contributed by atoms with Gasteiger partial charge in [0, 0.05) is 19.3 Å². The van der Waals surface area contributed by atoms with E-state index in [0.717, 1.165) is 12.8 Å². The zero-order valence-electron chi connectivity index (χ0n) is 10.3. The van der Waals surface area contributed by atoms with Crippen LogP contribution in [0.5, 0.6) is 0 Å². The van der Waals surface area contributed by atoms with Crippen molar-refractivity contribution in [1.29, 1.82) is 0 Å². The molecule has 0 radical (unpaired) electrons. The van der Waals surface area contributed by atoms with E-state index in [1.165, 1.54) is 6.20 Å². The molecule has 1 aliphatic rings. The first-order valence-electron chi connectivity index (χ1n) is 6.05. The summed E-state index contributed by atoms with van der Waals surface area (Å²) in [5.74, 6) is 0.445. The molecule has 1 aromatic rings. The zero-order chi connectivity index (χ0) is 13.2. The van der Waals surface area contributed by atoms with Crippen LogP contribution < -0.4 is 0 Å². The van der Waals surface area contributed by atoms with Gasteiger partial charge in [0.2, 0.25) is 10.0 Å². The molecule has 0 spiro atoms. The van der Waals surface area contributed by atoms with Crippen molar-refractivity contribution in [2.75, 3.05) is 13.1 Å². The van der Waals surface area contributed by atoms with Gasteiger partial charge in [0.25, 0.3) is 0 Å². The van der Waals surface area contributed by atoms with Crippen LogP contribution in [-0.4, -0.2) is 30.8 Å². The molecule has 1 aromatic heterocycles. The van der Waals surface area contributed by atoms with E-state index in [-0.39, 0.29) is 5.75 Å². The molecule has 2 rings (SSSR count). The molecule has 4 nitrogen and oxygen atoms in total. The van der Waals surface area contributed by atoms with Crippen LogP contribution in [0.3, 0.4) is 0 Å². The number of nitrogens with zero attached hydrogens (tertiary/aromatic N) is 2. The van der Waals surface area contributed by atoms with E-state index in [1.54, 1.807) is 16.4 Å². The molecule has 1 fully saturated rings. The molecule has 0 N–H and O–H groups in total. The third kappa shape index (κ3) is 3.43. The van der Waals surface area contributed by atoms with Crippen LogP contribution in [0.25, 0.3) is 0 Å². The summed E-state index contributed by atoms with van der Waals surface area (Å²) in [4.78, 5) is 3.91. The number of rotatable bonds is 3. The van der Waals surface area contributed by atoms with Crippen LogP contribution in [0.2, 0.25) is 5.15 Å². The molecule has 1 aliphatic heterocycles. The molecule has 0 saturated carbocycles. The van der Waals surface area contributed by atoms with Crippen LogP contribution in [0.4, 0.5) is 0 Å². The molecule has 6 heteroatoms. The summed E-state index contributed by atoms with van der Waals surface area (Å²) in [5.41, 5.74) is 0.678. The topological polar surface area (TPSA) is 50.3 Å². The largest absolute Gasteiger partial charge is 0.244 e. The third-order valence-corrected chi connectivity index (χ3v) is 5.19. The smallest absolute Gasteiger partial charge is 0.218 e. The van der Waals surface area contributed by atoms with Crippen LogP contribution in [0.15, 0.2) is 18.3 Å². The molecule has 0 aliphatic carbocycles. The Labute approximate surface area is 113 Å². The first-order valence-corrected chi connectivity index (χ1v) is 8.04. The third-order valence-electron chi connectivity index (χ3n) is 3.15. The van der Waals surface area contributed by atoms with Crippen LogP contribution >= 0.6 is 11.6 Å². The van der Waals surface area contributed by atoms with Gasteiger partial charge in [-0.3, -0.25) is 0 Å². The van der Waals surface area contributed by atoms with Crippen molar-refractivity contribution in [3.05, 3.63) is 29.0 Å². The van der Waals surface area contributed by atoms with Gasteiger partial charge in [0.15, 0.2) is 0 Å². The van der Waals surface area contributed by atoms with Gasteiger partial charge in [-0.2, -0.15) is 0 Å². The second-order valence-corrected chi connectivity index (χ2v) is 7.21. The van der Waals surface area contributed by atoms with Crippen molar-refractivity contribution >= 4 is 21.6 Å². The number of piperidine rings is 1. The van der Waals surface area contributed by atoms with Gasteiger partial charge in [-0.25, -0.2) is 17.7 Å². The van der Waals surface area contributed by atoms with Gasteiger partial charge in [0.1, 0.15) is 5.15 Å². The van der Waals surface area contributed by atoms with E-state index in [1.807, 2.05) is 0 Å². The van der Waals surface area contributed by atoms with Gasteiger partial charge in [0.05, 0.1) is 5.75 Å². The maximum atomic E-state index is 12.3. The Balaban J connectivity index is 2.09. The lowest BCUT2D eigenvalue weighted by Crippen LogP contribution is -2.39. The quantitative estimate of drug-likeness (QED) is 0.802. The van der Waals surface area contributed by atoms with Crippen LogP contribution in [0, 0.1) is 5.92 Å². The maximum absolute atomic E-state index is 12.3. The fourth-order valence-electron chi connectivity index (χ4n) is 2.19. The number of pyridine rings is 1. The Morgan fingerprint density at radius 2 is 2.28 bits per heavy atom. The number of sulfonamides is 1. The average Bonchev–Trinajstić information content (AvgIpc) is 2.32. The predicted molar refractivity (Wildman–Crippen MR) is 71.8 cm³/mol. The molecular weight excluding hydrogens is 272 g/mol.